The maximum absolute atomic E-state index is 14.7. The van der Waals surface area contributed by atoms with Gasteiger partial charge in [0.15, 0.2) is 5.78 Å². The highest BCUT2D eigenvalue weighted by Gasteiger charge is 2.59. The van der Waals surface area contributed by atoms with Crippen LogP contribution in [0.1, 0.15) is 169 Å². The molecule has 8 aliphatic carbocycles. The van der Waals surface area contributed by atoms with E-state index in [1.807, 2.05) is 18.2 Å². The molecule has 0 radical (unpaired) electrons. The number of fused-ring (bicyclic) bond motifs is 8. The third kappa shape index (κ3) is 7.98. The van der Waals surface area contributed by atoms with Crippen LogP contribution in [-0.2, 0) is 6.42 Å². The number of Topliss-reactive ketones (excluding diaryl/α,β-unsaturated/α-hetero) is 1. The highest BCUT2D eigenvalue weighted by atomic mass is 16.3. The first-order valence-corrected chi connectivity index (χ1v) is 22.3. The number of hydrogen-bond donors (Lipinski definition) is 3. The molecule has 2 aromatic rings. The van der Waals surface area contributed by atoms with Gasteiger partial charge in [0.2, 0.25) is 0 Å². The van der Waals surface area contributed by atoms with Gasteiger partial charge in [-0.05, 0) is 162 Å². The summed E-state index contributed by atoms with van der Waals surface area (Å²) in [5, 5.41) is 27.9. The van der Waals surface area contributed by atoms with Gasteiger partial charge in [-0.1, -0.05) is 80.3 Å². The number of hydrogen-bond acceptors (Lipinski definition) is 4. The predicted molar refractivity (Wildman–Crippen MR) is 220 cm³/mol. The minimum Gasteiger partial charge on any atom is -0.393 e. The number of benzene rings is 2. The molecular formula is C49H68N2O4. The number of aliphatic hydroxyl groups excluding tert-OH is 1. The minimum atomic E-state index is -1.13. The van der Waals surface area contributed by atoms with E-state index in [0.29, 0.717) is 32.4 Å². The SMILES string of the molecule is CC1=CCC[C@@]2(C)[C@@H](CC[C@@]2(O)CN(CC23CC4CC(CC(C4)C2)C3)C(=O)N[C@H](C)c2ccccc2)c2ccc(cc2C(=O)C2CCCCC2)C[C@@H](O)CC1. The number of ketones is 1. The first-order chi connectivity index (χ1) is 26.4. The summed E-state index contributed by atoms with van der Waals surface area (Å²) >= 11 is 0. The molecule has 55 heavy (non-hydrogen) atoms. The Kier molecular flexibility index (Phi) is 11.1. The summed E-state index contributed by atoms with van der Waals surface area (Å²) < 4.78 is 0. The second-order valence-electron chi connectivity index (χ2n) is 20.0. The molecule has 0 unspecified atom stereocenters. The molecule has 6 heteroatoms. The quantitative estimate of drug-likeness (QED) is 0.185. The summed E-state index contributed by atoms with van der Waals surface area (Å²) in [5.74, 6) is 2.58. The third-order valence-electron chi connectivity index (χ3n) is 16.0. The minimum absolute atomic E-state index is 0.0247. The van der Waals surface area contributed by atoms with Crippen LogP contribution in [0.15, 0.2) is 60.2 Å². The van der Waals surface area contributed by atoms with Crippen molar-refractivity contribution in [2.24, 2.45) is 34.5 Å². The van der Waals surface area contributed by atoms with Crippen molar-refractivity contribution in [1.82, 2.24) is 10.2 Å². The van der Waals surface area contributed by atoms with E-state index in [4.69, 9.17) is 0 Å². The maximum Gasteiger partial charge on any atom is 0.317 e. The van der Waals surface area contributed by atoms with Gasteiger partial charge in [-0.15, -0.1) is 0 Å². The molecule has 0 aliphatic heterocycles. The molecule has 2 amide bonds. The fourth-order valence-electron chi connectivity index (χ4n) is 13.3. The van der Waals surface area contributed by atoms with Crippen LogP contribution in [0.4, 0.5) is 4.79 Å². The molecule has 8 aliphatic rings. The average molecular weight is 749 g/mol. The van der Waals surface area contributed by atoms with Crippen molar-refractivity contribution in [2.45, 2.75) is 160 Å². The van der Waals surface area contributed by atoms with Crippen molar-refractivity contribution >= 4 is 11.8 Å². The lowest BCUT2D eigenvalue weighted by atomic mass is 9.49. The maximum atomic E-state index is 14.7. The average Bonchev–Trinajstić information content (AvgIpc) is 3.41. The van der Waals surface area contributed by atoms with Crippen molar-refractivity contribution in [2.75, 3.05) is 13.1 Å². The highest BCUT2D eigenvalue weighted by Crippen LogP contribution is 2.62. The summed E-state index contributed by atoms with van der Waals surface area (Å²) in [6.45, 7) is 7.51. The van der Waals surface area contributed by atoms with Gasteiger partial charge in [0.05, 0.1) is 24.3 Å². The molecular weight excluding hydrogens is 681 g/mol. The number of carbonyl (C=O) groups is 2. The van der Waals surface area contributed by atoms with Gasteiger partial charge in [-0.25, -0.2) is 4.79 Å². The predicted octanol–water partition coefficient (Wildman–Crippen LogP) is 10.5. The fourth-order valence-corrected chi connectivity index (χ4v) is 13.3. The number of urea groups is 1. The second kappa shape index (κ2) is 15.8. The molecule has 6 bridgehead atoms. The summed E-state index contributed by atoms with van der Waals surface area (Å²) in [5.41, 5.74) is 3.69. The van der Waals surface area contributed by atoms with E-state index in [1.54, 1.807) is 0 Å². The molecule has 5 atom stereocenters. The molecule has 0 heterocycles. The number of aliphatic hydroxyl groups is 2. The number of rotatable bonds is 8. The Labute approximate surface area is 330 Å². The van der Waals surface area contributed by atoms with Crippen LogP contribution in [0.3, 0.4) is 0 Å². The van der Waals surface area contributed by atoms with E-state index >= 15 is 0 Å². The van der Waals surface area contributed by atoms with Crippen LogP contribution in [0.5, 0.6) is 0 Å². The molecule has 298 valence electrons. The smallest absolute Gasteiger partial charge is 0.317 e. The second-order valence-corrected chi connectivity index (χ2v) is 20.0. The van der Waals surface area contributed by atoms with Crippen LogP contribution in [0, 0.1) is 34.5 Å². The van der Waals surface area contributed by atoms with Gasteiger partial charge in [0, 0.05) is 23.4 Å². The van der Waals surface area contributed by atoms with Gasteiger partial charge in [0.1, 0.15) is 0 Å². The fraction of sp³-hybridized carbons (Fsp3) is 0.673. The van der Waals surface area contributed by atoms with Gasteiger partial charge >= 0.3 is 6.03 Å². The lowest BCUT2D eigenvalue weighted by molar-refractivity contribution is -0.0985. The summed E-state index contributed by atoms with van der Waals surface area (Å²) in [6.07, 6.45) is 19.8. The lowest BCUT2D eigenvalue weighted by Crippen LogP contribution is -2.59. The largest absolute Gasteiger partial charge is 0.393 e. The first-order valence-electron chi connectivity index (χ1n) is 22.3. The van der Waals surface area contributed by atoms with Crippen LogP contribution in [-0.4, -0.2) is 51.7 Å². The topological polar surface area (TPSA) is 89.9 Å². The van der Waals surface area contributed by atoms with Crippen LogP contribution >= 0.6 is 0 Å². The molecule has 3 N–H and O–H groups in total. The van der Waals surface area contributed by atoms with Crippen LogP contribution < -0.4 is 5.32 Å². The van der Waals surface area contributed by atoms with Crippen molar-refractivity contribution in [3.63, 3.8) is 0 Å². The zero-order chi connectivity index (χ0) is 38.4. The Morgan fingerprint density at radius 1 is 0.891 bits per heavy atom. The van der Waals surface area contributed by atoms with E-state index < -0.39 is 17.1 Å². The van der Waals surface area contributed by atoms with Crippen LogP contribution in [0.2, 0.25) is 0 Å². The van der Waals surface area contributed by atoms with E-state index in [0.717, 1.165) is 91.4 Å². The zero-order valence-corrected chi connectivity index (χ0v) is 34.0. The van der Waals surface area contributed by atoms with Crippen LogP contribution in [0.25, 0.3) is 0 Å². The zero-order valence-electron chi connectivity index (χ0n) is 34.0. The van der Waals surface area contributed by atoms with E-state index in [-0.39, 0.29) is 35.1 Å². The molecule has 10 rings (SSSR count). The Bertz CT molecular complexity index is 1690. The lowest BCUT2D eigenvalue weighted by Gasteiger charge is -2.58. The molecule has 0 spiro atoms. The molecule has 0 saturated heterocycles. The van der Waals surface area contributed by atoms with Crippen molar-refractivity contribution in [1.29, 1.82) is 0 Å². The van der Waals surface area contributed by atoms with Gasteiger partial charge in [0.25, 0.3) is 0 Å². The van der Waals surface area contributed by atoms with Gasteiger partial charge < -0.3 is 20.4 Å². The molecule has 6 nitrogen and oxygen atoms in total. The van der Waals surface area contributed by atoms with E-state index in [9.17, 15) is 19.8 Å². The Morgan fingerprint density at radius 3 is 2.27 bits per heavy atom. The number of nitrogens with one attached hydrogen (secondary N) is 1. The van der Waals surface area contributed by atoms with Crippen molar-refractivity contribution in [3.05, 3.63) is 82.4 Å². The number of amides is 2. The molecule has 6 saturated carbocycles. The van der Waals surface area contributed by atoms with E-state index in [1.165, 1.54) is 50.5 Å². The summed E-state index contributed by atoms with van der Waals surface area (Å²) in [6, 6.07) is 16.4. The number of nitrogens with zero attached hydrogens (tertiary/aromatic N) is 1. The Hall–Kier alpha value is -2.96. The van der Waals surface area contributed by atoms with Crippen molar-refractivity contribution < 1.29 is 19.8 Å². The first kappa shape index (κ1) is 38.9. The highest BCUT2D eigenvalue weighted by molar-refractivity contribution is 5.99. The van der Waals surface area contributed by atoms with Gasteiger partial charge in [-0.3, -0.25) is 4.79 Å². The number of allylic oxidation sites excluding steroid dienone is 2. The van der Waals surface area contributed by atoms with Gasteiger partial charge in [-0.2, -0.15) is 0 Å². The Morgan fingerprint density at radius 2 is 1.58 bits per heavy atom. The summed E-state index contributed by atoms with van der Waals surface area (Å²) in [7, 11) is 0. The van der Waals surface area contributed by atoms with E-state index in [2.05, 4.69) is 67.4 Å². The normalized spacial score (nSPS) is 35.4. The van der Waals surface area contributed by atoms with Crippen molar-refractivity contribution in [3.8, 4) is 0 Å². The molecule has 2 aromatic carbocycles. The molecule has 6 fully saturated rings. The molecule has 0 aromatic heterocycles. The number of carbonyl (C=O) groups excluding carboxylic acids is 2. The summed E-state index contributed by atoms with van der Waals surface area (Å²) in [4.78, 5) is 31.4. The standard InChI is InChI=1S/C49H68N2O4/c1-33-11-10-21-47(3)44(42-19-17-35(26-41(52)18-16-33)27-43(42)45(53)40-14-8-5-9-15-40)20-22-49(47,55)32-51(46(54)50-34(2)39-12-6-4-7-13-39)31-48-28-36-23-37(29-48)25-38(24-36)30-48/h4,6-7,11-13,17,19,27,34,36-38,40-41,44,52,55H,5,8-10,14-16,18,20-26,28-32H2,1-3H3,(H,50,54)/t34-,36?,37?,38?,41+,44+,47+,48?,49-/m1/s1. The monoisotopic (exact) mass is 749 g/mol. The Balaban J connectivity index is 1.15. The third-order valence-corrected chi connectivity index (χ3v) is 16.0.